The number of nitrogens with zero attached hydrogens (tertiary/aromatic N) is 3. The summed E-state index contributed by atoms with van der Waals surface area (Å²) in [5, 5.41) is 19.1. The summed E-state index contributed by atoms with van der Waals surface area (Å²) in [6.45, 7) is 3.56. The molecule has 1 aromatic carbocycles. The molecule has 2 aromatic heterocycles. The van der Waals surface area contributed by atoms with Gasteiger partial charge in [0.1, 0.15) is 23.2 Å². The number of furan rings is 1. The number of halogens is 1. The molecule has 1 N–H and O–H groups in total. The third-order valence-corrected chi connectivity index (χ3v) is 7.75. The number of anilines is 1. The van der Waals surface area contributed by atoms with Crippen molar-refractivity contribution in [2.24, 2.45) is 5.92 Å². The van der Waals surface area contributed by atoms with Gasteiger partial charge in [-0.15, -0.1) is 10.2 Å². The molecule has 1 amide bonds. The van der Waals surface area contributed by atoms with E-state index in [1.165, 1.54) is 6.08 Å². The molecule has 31 heavy (non-hydrogen) atoms. The summed E-state index contributed by atoms with van der Waals surface area (Å²) in [5.41, 5.74) is 0.619. The number of nitriles is 1. The normalized spacial score (nSPS) is 12.0. The van der Waals surface area contributed by atoms with Gasteiger partial charge in [-0.1, -0.05) is 53.2 Å². The maximum atomic E-state index is 12.4. The minimum Gasteiger partial charge on any atom is -0.457 e. The number of benzene rings is 1. The first kappa shape index (κ1) is 22.9. The van der Waals surface area contributed by atoms with Gasteiger partial charge >= 0.3 is 0 Å². The molecule has 0 aliphatic carbocycles. The lowest BCUT2D eigenvalue weighted by Gasteiger charge is -2.02. The van der Waals surface area contributed by atoms with Crippen molar-refractivity contribution in [2.45, 2.75) is 18.2 Å². The summed E-state index contributed by atoms with van der Waals surface area (Å²) in [7, 11) is -3.58. The SMILES string of the molecule is CC(C)CS(=O)(=O)c1nnc(NC(=O)/C(C#N)=C\c2ccc(-c3ccc(Br)cc3)o2)s1. The van der Waals surface area contributed by atoms with Crippen molar-refractivity contribution in [2.75, 3.05) is 11.1 Å². The number of rotatable bonds is 7. The van der Waals surface area contributed by atoms with Crippen molar-refractivity contribution < 1.29 is 17.6 Å². The Balaban J connectivity index is 1.75. The van der Waals surface area contributed by atoms with E-state index < -0.39 is 15.7 Å². The monoisotopic (exact) mass is 520 g/mol. The maximum Gasteiger partial charge on any atom is 0.268 e. The van der Waals surface area contributed by atoms with E-state index in [-0.39, 0.29) is 26.7 Å². The van der Waals surface area contributed by atoms with Crippen LogP contribution in [0.4, 0.5) is 5.13 Å². The van der Waals surface area contributed by atoms with E-state index in [4.69, 9.17) is 4.42 Å². The molecule has 3 aromatic rings. The zero-order chi connectivity index (χ0) is 22.6. The molecule has 0 aliphatic rings. The van der Waals surface area contributed by atoms with Crippen molar-refractivity contribution in [3.63, 3.8) is 0 Å². The Morgan fingerprint density at radius 3 is 2.61 bits per heavy atom. The van der Waals surface area contributed by atoms with E-state index in [1.54, 1.807) is 26.0 Å². The second-order valence-electron chi connectivity index (χ2n) is 6.88. The van der Waals surface area contributed by atoms with Gasteiger partial charge in [0.25, 0.3) is 5.91 Å². The molecule has 0 saturated heterocycles. The minimum absolute atomic E-state index is 0.0107. The first-order valence-electron chi connectivity index (χ1n) is 9.03. The number of carbonyl (C=O) groups excluding carboxylic acids is 1. The van der Waals surface area contributed by atoms with Crippen molar-refractivity contribution in [1.82, 2.24) is 10.2 Å². The van der Waals surface area contributed by atoms with Gasteiger partial charge in [-0.25, -0.2) is 8.42 Å². The molecule has 0 saturated carbocycles. The Morgan fingerprint density at radius 2 is 1.97 bits per heavy atom. The second-order valence-corrected chi connectivity index (χ2v) is 11.0. The van der Waals surface area contributed by atoms with Gasteiger partial charge in [0.05, 0.1) is 5.75 Å². The number of nitrogens with one attached hydrogen (secondary N) is 1. The lowest BCUT2D eigenvalue weighted by atomic mass is 10.2. The van der Waals surface area contributed by atoms with Crippen LogP contribution in [0.15, 0.2) is 55.2 Å². The number of amides is 1. The molecule has 0 spiro atoms. The maximum absolute atomic E-state index is 12.4. The minimum atomic E-state index is -3.58. The molecule has 11 heteroatoms. The summed E-state index contributed by atoms with van der Waals surface area (Å²) in [6, 6.07) is 12.7. The Hall–Kier alpha value is -2.81. The van der Waals surface area contributed by atoms with Crippen LogP contribution in [0.5, 0.6) is 0 Å². The van der Waals surface area contributed by atoms with E-state index in [1.807, 2.05) is 30.3 Å². The third kappa shape index (κ3) is 5.88. The van der Waals surface area contributed by atoms with Gasteiger partial charge in [0.2, 0.25) is 19.3 Å². The number of hydrogen-bond acceptors (Lipinski definition) is 8. The van der Waals surface area contributed by atoms with Crippen LogP contribution in [0, 0.1) is 17.2 Å². The summed E-state index contributed by atoms with van der Waals surface area (Å²) >= 11 is 4.11. The fourth-order valence-electron chi connectivity index (χ4n) is 2.55. The summed E-state index contributed by atoms with van der Waals surface area (Å²) in [4.78, 5) is 12.4. The molecule has 0 bridgehead atoms. The predicted octanol–water partition coefficient (Wildman–Crippen LogP) is 4.54. The first-order chi connectivity index (χ1) is 14.7. The van der Waals surface area contributed by atoms with Crippen LogP contribution in [0.3, 0.4) is 0 Å². The van der Waals surface area contributed by atoms with Gasteiger partial charge < -0.3 is 4.42 Å². The molecule has 0 aliphatic heterocycles. The average molecular weight is 521 g/mol. The van der Waals surface area contributed by atoms with Crippen molar-refractivity contribution in [3.05, 3.63) is 52.2 Å². The van der Waals surface area contributed by atoms with Crippen molar-refractivity contribution in [1.29, 1.82) is 5.26 Å². The Kier molecular flexibility index (Phi) is 7.04. The van der Waals surface area contributed by atoms with E-state index in [2.05, 4.69) is 31.4 Å². The Labute approximate surface area is 191 Å². The summed E-state index contributed by atoms with van der Waals surface area (Å²) < 4.78 is 30.9. The molecule has 0 fully saturated rings. The predicted molar refractivity (Wildman–Crippen MR) is 121 cm³/mol. The molecule has 3 rings (SSSR count). The van der Waals surface area contributed by atoms with Gasteiger partial charge in [-0.05, 0) is 30.2 Å². The highest BCUT2D eigenvalue weighted by atomic mass is 79.9. The van der Waals surface area contributed by atoms with Crippen LogP contribution in [0.2, 0.25) is 0 Å². The van der Waals surface area contributed by atoms with Gasteiger partial charge in [0, 0.05) is 16.1 Å². The Morgan fingerprint density at radius 1 is 1.26 bits per heavy atom. The van der Waals surface area contributed by atoms with Gasteiger partial charge in [-0.2, -0.15) is 5.26 Å². The smallest absolute Gasteiger partial charge is 0.268 e. The number of aromatic nitrogens is 2. The molecular formula is C20H17BrN4O4S2. The number of carbonyl (C=O) groups is 1. The van der Waals surface area contributed by atoms with Crippen molar-refractivity contribution in [3.8, 4) is 17.4 Å². The zero-order valence-electron chi connectivity index (χ0n) is 16.5. The molecule has 2 heterocycles. The highest BCUT2D eigenvalue weighted by Crippen LogP contribution is 2.26. The lowest BCUT2D eigenvalue weighted by molar-refractivity contribution is -0.112. The van der Waals surface area contributed by atoms with E-state index in [9.17, 15) is 18.5 Å². The molecule has 0 atom stereocenters. The standard InChI is InChI=1S/C20H17BrN4O4S2/c1-12(2)11-31(27,28)20-25-24-19(30-20)23-18(26)14(10-22)9-16-7-8-17(29-16)13-3-5-15(21)6-4-13/h3-9,12H,11H2,1-2H3,(H,23,24,26)/b14-9-. The number of hydrogen-bond donors (Lipinski definition) is 1. The highest BCUT2D eigenvalue weighted by molar-refractivity contribution is 9.10. The van der Waals surface area contributed by atoms with E-state index in [0.717, 1.165) is 21.4 Å². The quantitative estimate of drug-likeness (QED) is 0.275. The summed E-state index contributed by atoms with van der Waals surface area (Å²) in [5.74, 6) is 0.0179. The molecule has 160 valence electrons. The summed E-state index contributed by atoms with van der Waals surface area (Å²) in [6.07, 6.45) is 1.30. The fourth-order valence-corrected chi connectivity index (χ4v) is 5.42. The van der Waals surface area contributed by atoms with Crippen LogP contribution in [-0.4, -0.2) is 30.3 Å². The molecule has 0 unspecified atom stereocenters. The van der Waals surface area contributed by atoms with Gasteiger partial charge in [-0.3, -0.25) is 10.1 Å². The average Bonchev–Trinajstić information content (AvgIpc) is 3.35. The lowest BCUT2D eigenvalue weighted by Crippen LogP contribution is -2.13. The molecular weight excluding hydrogens is 504 g/mol. The van der Waals surface area contributed by atoms with Crippen LogP contribution in [-0.2, 0) is 14.6 Å². The molecule has 8 nitrogen and oxygen atoms in total. The topological polar surface area (TPSA) is 126 Å². The van der Waals surface area contributed by atoms with Crippen LogP contribution in [0.1, 0.15) is 19.6 Å². The Bertz CT molecular complexity index is 1270. The van der Waals surface area contributed by atoms with Crippen molar-refractivity contribution >= 4 is 54.2 Å². The van der Waals surface area contributed by atoms with E-state index >= 15 is 0 Å². The first-order valence-corrected chi connectivity index (χ1v) is 12.3. The van der Waals surface area contributed by atoms with Gasteiger partial charge in [0.15, 0.2) is 0 Å². The van der Waals surface area contributed by atoms with Crippen LogP contribution in [0.25, 0.3) is 17.4 Å². The largest absolute Gasteiger partial charge is 0.457 e. The van der Waals surface area contributed by atoms with Crippen LogP contribution >= 0.6 is 27.3 Å². The zero-order valence-corrected chi connectivity index (χ0v) is 19.7. The number of sulfone groups is 1. The molecule has 0 radical (unpaired) electrons. The second kappa shape index (κ2) is 9.55. The van der Waals surface area contributed by atoms with Crippen LogP contribution < -0.4 is 5.32 Å². The van der Waals surface area contributed by atoms with E-state index in [0.29, 0.717) is 11.5 Å². The fraction of sp³-hybridized carbons (Fsp3) is 0.200. The highest BCUT2D eigenvalue weighted by Gasteiger charge is 2.23. The third-order valence-electron chi connectivity index (χ3n) is 3.85.